The van der Waals surface area contributed by atoms with Crippen LogP contribution in [0.5, 0.6) is 11.5 Å². The number of fused-ring (bicyclic) bond motifs is 2. The molecule has 8 nitrogen and oxygen atoms in total. The molecule has 0 fully saturated rings. The van der Waals surface area contributed by atoms with E-state index < -0.39 is 161 Å². The minimum Gasteiger partial charge on any atom is -0.405 e. The van der Waals surface area contributed by atoms with Gasteiger partial charge in [-0.25, -0.2) is 40.0 Å². The number of alkyl halides is 6. The summed E-state index contributed by atoms with van der Waals surface area (Å²) in [7, 11) is 0. The molecule has 0 radical (unpaired) electrons. The molecule has 0 atom stereocenters. The molecule has 0 saturated heterocycles. The monoisotopic (exact) mass is 794 g/mol. The topological polar surface area (TPSA) is 103 Å². The number of allylic oxidation sites excluding steroid dienone is 3. The Labute approximate surface area is 300 Å². The first kappa shape index (κ1) is 39.6. The van der Waals surface area contributed by atoms with Gasteiger partial charge in [0.25, 0.3) is 5.69 Å². The lowest BCUT2D eigenvalue weighted by Gasteiger charge is -2.19. The lowest BCUT2D eigenvalue weighted by molar-refractivity contribution is -0.277. The van der Waals surface area contributed by atoms with Crippen LogP contribution in [0.2, 0.25) is 0 Å². The average molecular weight is 794 g/mol. The van der Waals surface area contributed by atoms with Crippen LogP contribution in [0, 0.1) is 100 Å². The number of hydrogen-bond acceptors (Lipinski definition) is 5. The van der Waals surface area contributed by atoms with Gasteiger partial charge in [0.05, 0.1) is 23.3 Å². The van der Waals surface area contributed by atoms with Gasteiger partial charge in [-0.1, -0.05) is 0 Å². The summed E-state index contributed by atoms with van der Waals surface area (Å²) < 4.78 is 216. The molecule has 0 saturated carbocycles. The summed E-state index contributed by atoms with van der Waals surface area (Å²) in [6, 6.07) is 3.00. The highest BCUT2D eigenvalue weighted by Crippen LogP contribution is 2.46. The van der Waals surface area contributed by atoms with Gasteiger partial charge in [-0.3, -0.25) is 0 Å². The minimum atomic E-state index is -6.06. The van der Waals surface area contributed by atoms with Gasteiger partial charge in [-0.15, -0.1) is 26.3 Å². The van der Waals surface area contributed by atoms with Gasteiger partial charge in [0.15, 0.2) is 46.5 Å². The van der Waals surface area contributed by atoms with Gasteiger partial charge in [0, 0.05) is 40.0 Å². The zero-order valence-corrected chi connectivity index (χ0v) is 26.2. The molecule has 0 unspecified atom stereocenters. The number of halogens is 14. The van der Waals surface area contributed by atoms with E-state index in [9.17, 15) is 36.9 Å². The molecule has 5 rings (SSSR count). The van der Waals surface area contributed by atoms with Gasteiger partial charge in [0.2, 0.25) is 0 Å². The van der Waals surface area contributed by atoms with Crippen molar-refractivity contribution < 1.29 is 70.9 Å². The first-order chi connectivity index (χ1) is 26.1. The van der Waals surface area contributed by atoms with Crippen molar-refractivity contribution in [2.24, 2.45) is 0 Å². The maximum Gasteiger partial charge on any atom is 0.573 e. The molecule has 22 heteroatoms. The van der Waals surface area contributed by atoms with Crippen molar-refractivity contribution in [2.75, 3.05) is 0 Å². The smallest absolute Gasteiger partial charge is 0.405 e. The second-order valence-electron chi connectivity index (χ2n) is 10.9. The van der Waals surface area contributed by atoms with Crippen LogP contribution in [-0.4, -0.2) is 12.7 Å². The van der Waals surface area contributed by atoms with Gasteiger partial charge >= 0.3 is 18.5 Å². The highest BCUT2D eigenvalue weighted by atomic mass is 19.4. The summed E-state index contributed by atoms with van der Waals surface area (Å²) in [5.74, 6) is -25.9. The Balaban J connectivity index is 2.31. The van der Waals surface area contributed by atoms with Crippen LogP contribution in [0.15, 0.2) is 22.5 Å². The largest absolute Gasteiger partial charge is 0.573 e. The summed E-state index contributed by atoms with van der Waals surface area (Å²) in [4.78, 5) is 7.67. The number of ether oxygens (including phenoxy) is 2. The van der Waals surface area contributed by atoms with Crippen LogP contribution in [0.3, 0.4) is 0 Å². The molecule has 0 N–H and O–H groups in total. The molecule has 0 amide bonds. The Kier molecular flexibility index (Phi) is 9.69. The van der Waals surface area contributed by atoms with E-state index in [2.05, 4.69) is 24.0 Å². The lowest BCUT2D eigenvalue weighted by atomic mass is 9.93. The van der Waals surface area contributed by atoms with E-state index in [-0.39, 0.29) is 0 Å². The average Bonchev–Trinajstić information content (AvgIpc) is 3.69. The van der Waals surface area contributed by atoms with Crippen molar-refractivity contribution in [2.45, 2.75) is 25.6 Å². The predicted octanol–water partition coefficient (Wildman–Crippen LogP) is 7.92. The van der Waals surface area contributed by atoms with Crippen molar-refractivity contribution >= 4 is 16.8 Å². The Morgan fingerprint density at radius 2 is 0.946 bits per heavy atom. The molecule has 0 bridgehead atoms. The van der Waals surface area contributed by atoms with E-state index in [1.165, 1.54) is 0 Å². The van der Waals surface area contributed by atoms with Crippen LogP contribution in [0.25, 0.3) is 25.7 Å². The second-order valence-corrected chi connectivity index (χ2v) is 10.9. The van der Waals surface area contributed by atoms with E-state index in [4.69, 9.17) is 25.0 Å². The Morgan fingerprint density at radius 1 is 0.571 bits per heavy atom. The maximum absolute atomic E-state index is 15.7. The van der Waals surface area contributed by atoms with Crippen LogP contribution >= 0.6 is 0 Å². The minimum absolute atomic E-state index is 0.759. The van der Waals surface area contributed by atoms with Gasteiger partial charge in [-0.05, 0) is 11.1 Å². The van der Waals surface area contributed by atoms with Gasteiger partial charge in [-0.2, -0.15) is 25.5 Å². The Hall–Kier alpha value is -7.56. The highest BCUT2D eigenvalue weighted by Gasteiger charge is 2.46. The number of nitrogens with zero attached hydrogens (tertiary/aromatic N) is 6. The van der Waals surface area contributed by atoms with Crippen LogP contribution in [0.1, 0.15) is 27.8 Å². The van der Waals surface area contributed by atoms with Crippen LogP contribution in [-0.2, 0) is 12.8 Å². The molecule has 0 spiro atoms. The van der Waals surface area contributed by atoms with Gasteiger partial charge < -0.3 is 9.47 Å². The summed E-state index contributed by atoms with van der Waals surface area (Å²) in [6.45, 7) is 21.5. The number of rotatable bonds is 4. The summed E-state index contributed by atoms with van der Waals surface area (Å²) in [6.07, 6.45) is -15.3. The van der Waals surface area contributed by atoms with Crippen molar-refractivity contribution in [3.63, 3.8) is 0 Å². The van der Waals surface area contributed by atoms with Crippen LogP contribution in [0.4, 0.5) is 67.2 Å². The fraction of sp³-hybridized carbons (Fsp3) is 0.118. The zero-order valence-electron chi connectivity index (χ0n) is 26.2. The molecule has 2 aliphatic carbocycles. The normalized spacial score (nSPS) is 13.1. The van der Waals surface area contributed by atoms with E-state index in [0.29, 0.717) is 0 Å². The lowest BCUT2D eigenvalue weighted by Crippen LogP contribution is -2.32. The number of hydrogen-bond donors (Lipinski definition) is 0. The quantitative estimate of drug-likeness (QED) is 0.116. The molecular formula is C34H4F14N6O2. The zero-order chi connectivity index (χ0) is 41.9. The van der Waals surface area contributed by atoms with E-state index in [1.807, 2.05) is 0 Å². The van der Waals surface area contributed by atoms with E-state index in [1.54, 1.807) is 0 Å². The van der Waals surface area contributed by atoms with Gasteiger partial charge in [0.1, 0.15) is 54.0 Å². The first-order valence-corrected chi connectivity index (χ1v) is 14.1. The Bertz CT molecular complexity index is 2550. The molecule has 2 aliphatic rings. The summed E-state index contributed by atoms with van der Waals surface area (Å²) >= 11 is 0. The molecule has 0 heterocycles. The molecule has 3 aromatic carbocycles. The third kappa shape index (κ3) is 6.00. The van der Waals surface area contributed by atoms with Crippen molar-refractivity contribution in [3.8, 4) is 29.7 Å². The first-order valence-electron chi connectivity index (χ1n) is 14.1. The predicted molar refractivity (Wildman–Crippen MR) is 153 cm³/mol. The number of nitriles is 3. The summed E-state index contributed by atoms with van der Waals surface area (Å²) in [5, 5.41) is 25.0. The maximum atomic E-state index is 15.7. The molecule has 0 aliphatic heterocycles. The SMILES string of the molecule is [C-]#[N+]C([N+]#[C-])=C1Cc2c(OC(F)(F)F)c3c(c(OC(F)(F)F)c2=C1c1c(F)c(F)c([N+]#[C-])c(F)c1F)CC(=C(C#N)C#N)C=3c1c(F)c(F)c(C#N)c(F)c1F. The third-order valence-electron chi connectivity index (χ3n) is 8.09. The molecule has 56 heavy (non-hydrogen) atoms. The van der Waals surface area contributed by atoms with Crippen LogP contribution < -0.4 is 19.9 Å². The molecule has 280 valence electrons. The number of benzene rings is 3. The molecular weight excluding hydrogens is 790 g/mol. The standard InChI is InChI=1S/C34H4F14N6O2/c1-52-29-27(41)25(39)20(26(40)28(29)42)16-13(32(53-2)54-3)5-12-18(16)30(55-33(43,44)45)11-4-10(9(6-49)7-50)15(17(11)31(12)56-34(46,47)48)19-23(37)21(35)14(8-51)22(36)24(19)38/h4-5H2. The Morgan fingerprint density at radius 3 is 1.29 bits per heavy atom. The van der Waals surface area contributed by atoms with E-state index >= 15 is 35.1 Å². The van der Waals surface area contributed by atoms with Crippen molar-refractivity contribution in [3.05, 3.63) is 142 Å². The van der Waals surface area contributed by atoms with E-state index in [0.717, 1.165) is 18.2 Å². The summed E-state index contributed by atoms with van der Waals surface area (Å²) in [5.41, 5.74) is -18.4. The van der Waals surface area contributed by atoms with Crippen molar-refractivity contribution in [1.82, 2.24) is 0 Å². The third-order valence-corrected chi connectivity index (χ3v) is 8.09. The molecule has 0 aromatic heterocycles. The fourth-order valence-electron chi connectivity index (χ4n) is 6.12. The molecule has 3 aromatic rings. The second kappa shape index (κ2) is 13.7. The highest BCUT2D eigenvalue weighted by molar-refractivity contribution is 5.92. The fourth-order valence-corrected chi connectivity index (χ4v) is 6.12. The van der Waals surface area contributed by atoms with Crippen molar-refractivity contribution in [1.29, 1.82) is 15.8 Å².